The summed E-state index contributed by atoms with van der Waals surface area (Å²) in [5, 5.41) is 11.3. The van der Waals surface area contributed by atoms with Crippen molar-refractivity contribution in [2.24, 2.45) is 5.92 Å². The molecule has 0 bridgehead atoms. The highest BCUT2D eigenvalue weighted by Crippen LogP contribution is 2.25. The van der Waals surface area contributed by atoms with E-state index in [1.165, 1.54) is 12.1 Å². The number of nitrogens with one attached hydrogen (secondary N) is 1. The predicted molar refractivity (Wildman–Crippen MR) is 72.0 cm³/mol. The van der Waals surface area contributed by atoms with E-state index in [2.05, 4.69) is 5.32 Å². The molecule has 19 heavy (non-hydrogen) atoms. The first-order valence-electron chi connectivity index (χ1n) is 5.99. The van der Waals surface area contributed by atoms with Crippen LogP contribution in [0.25, 0.3) is 0 Å². The molecule has 0 aliphatic carbocycles. The Labute approximate surface area is 114 Å². The molecule has 1 aliphatic rings. The van der Waals surface area contributed by atoms with Gasteiger partial charge in [-0.25, -0.2) is 9.18 Å². The topological polar surface area (TPSA) is 66.4 Å². The van der Waals surface area contributed by atoms with Crippen molar-refractivity contribution in [3.63, 3.8) is 0 Å². The van der Waals surface area contributed by atoms with Crippen LogP contribution >= 0.6 is 11.8 Å². The Morgan fingerprint density at radius 1 is 1.32 bits per heavy atom. The maximum atomic E-state index is 13.7. The Hall–Kier alpha value is -1.56. The molecule has 1 fully saturated rings. The lowest BCUT2D eigenvalue weighted by molar-refractivity contribution is -0.120. The second-order valence-corrected chi connectivity index (χ2v) is 5.60. The van der Waals surface area contributed by atoms with E-state index >= 15 is 0 Å². The van der Waals surface area contributed by atoms with Crippen LogP contribution in [-0.2, 0) is 4.79 Å². The van der Waals surface area contributed by atoms with Gasteiger partial charge in [0.05, 0.1) is 11.3 Å². The molecule has 102 valence electrons. The molecule has 1 aromatic carbocycles. The summed E-state index contributed by atoms with van der Waals surface area (Å²) in [6, 6.07) is 3.47. The van der Waals surface area contributed by atoms with Crippen LogP contribution in [-0.4, -0.2) is 28.5 Å². The average molecular weight is 283 g/mol. The molecule has 4 nitrogen and oxygen atoms in total. The molecule has 1 aliphatic heterocycles. The van der Waals surface area contributed by atoms with E-state index < -0.39 is 11.8 Å². The Bertz CT molecular complexity index is 501. The Kier molecular flexibility index (Phi) is 4.42. The molecule has 0 aromatic heterocycles. The van der Waals surface area contributed by atoms with E-state index in [4.69, 9.17) is 5.11 Å². The third kappa shape index (κ3) is 3.47. The molecule has 1 saturated heterocycles. The van der Waals surface area contributed by atoms with Crippen LogP contribution in [0, 0.1) is 11.7 Å². The summed E-state index contributed by atoms with van der Waals surface area (Å²) in [6.07, 6.45) is 1.59. The number of anilines is 1. The summed E-state index contributed by atoms with van der Waals surface area (Å²) < 4.78 is 13.7. The van der Waals surface area contributed by atoms with Gasteiger partial charge in [-0.05, 0) is 42.5 Å². The van der Waals surface area contributed by atoms with E-state index in [1.54, 1.807) is 0 Å². The number of carbonyl (C=O) groups excluding carboxylic acids is 1. The van der Waals surface area contributed by atoms with E-state index in [-0.39, 0.29) is 23.1 Å². The van der Waals surface area contributed by atoms with Crippen molar-refractivity contribution in [3.8, 4) is 0 Å². The summed E-state index contributed by atoms with van der Waals surface area (Å²) in [6.45, 7) is 0. The first-order chi connectivity index (χ1) is 9.08. The lowest BCUT2D eigenvalue weighted by Gasteiger charge is -2.20. The zero-order valence-corrected chi connectivity index (χ0v) is 11.0. The summed E-state index contributed by atoms with van der Waals surface area (Å²) >= 11 is 1.81. The largest absolute Gasteiger partial charge is 0.478 e. The van der Waals surface area contributed by atoms with Crippen LogP contribution < -0.4 is 5.32 Å². The van der Waals surface area contributed by atoms with Crippen LogP contribution in [0.4, 0.5) is 10.1 Å². The lowest BCUT2D eigenvalue weighted by Crippen LogP contribution is -2.26. The number of amides is 1. The van der Waals surface area contributed by atoms with Crippen LogP contribution in [0.15, 0.2) is 18.2 Å². The minimum atomic E-state index is -1.19. The number of aromatic carboxylic acids is 1. The van der Waals surface area contributed by atoms with Crippen molar-refractivity contribution >= 4 is 29.3 Å². The summed E-state index contributed by atoms with van der Waals surface area (Å²) in [5.41, 5.74) is -0.0993. The minimum Gasteiger partial charge on any atom is -0.478 e. The highest BCUT2D eigenvalue weighted by molar-refractivity contribution is 7.99. The molecule has 0 spiro atoms. The molecule has 2 N–H and O–H groups in total. The molecule has 0 radical (unpaired) electrons. The fourth-order valence-corrected chi connectivity index (χ4v) is 3.05. The number of carboxylic acid groups (broad SMARTS) is 1. The van der Waals surface area contributed by atoms with Gasteiger partial charge in [0.1, 0.15) is 5.82 Å². The molecule has 0 atom stereocenters. The van der Waals surface area contributed by atoms with Gasteiger partial charge in [-0.15, -0.1) is 0 Å². The van der Waals surface area contributed by atoms with Gasteiger partial charge in [-0.3, -0.25) is 4.79 Å². The third-order valence-corrected chi connectivity index (χ3v) is 4.11. The van der Waals surface area contributed by atoms with E-state index in [0.717, 1.165) is 30.4 Å². The number of thioether (sulfide) groups is 1. The molecule has 2 rings (SSSR count). The SMILES string of the molecule is O=C(O)c1ccc(NC(=O)C2CCSCC2)c(F)c1. The second-order valence-electron chi connectivity index (χ2n) is 4.38. The summed E-state index contributed by atoms with van der Waals surface area (Å²) in [4.78, 5) is 22.6. The fourth-order valence-electron chi connectivity index (χ4n) is 1.94. The van der Waals surface area contributed by atoms with Crippen molar-refractivity contribution in [1.29, 1.82) is 0 Å². The quantitative estimate of drug-likeness (QED) is 0.895. The molecule has 6 heteroatoms. The first kappa shape index (κ1) is 13.9. The number of benzene rings is 1. The van der Waals surface area contributed by atoms with Gasteiger partial charge in [0.15, 0.2) is 0 Å². The maximum Gasteiger partial charge on any atom is 0.335 e. The van der Waals surface area contributed by atoms with Crippen LogP contribution in [0.5, 0.6) is 0 Å². The van der Waals surface area contributed by atoms with E-state index in [0.29, 0.717) is 0 Å². The number of hydrogen-bond donors (Lipinski definition) is 2. The van der Waals surface area contributed by atoms with E-state index in [1.807, 2.05) is 11.8 Å². The van der Waals surface area contributed by atoms with Crippen molar-refractivity contribution in [2.75, 3.05) is 16.8 Å². The van der Waals surface area contributed by atoms with Crippen molar-refractivity contribution in [1.82, 2.24) is 0 Å². The number of rotatable bonds is 3. The van der Waals surface area contributed by atoms with Gasteiger partial charge in [0, 0.05) is 5.92 Å². The highest BCUT2D eigenvalue weighted by Gasteiger charge is 2.22. The number of hydrogen-bond acceptors (Lipinski definition) is 3. The van der Waals surface area contributed by atoms with Gasteiger partial charge in [0.2, 0.25) is 5.91 Å². The minimum absolute atomic E-state index is 0.0354. The third-order valence-electron chi connectivity index (χ3n) is 3.07. The Morgan fingerprint density at radius 3 is 2.58 bits per heavy atom. The maximum absolute atomic E-state index is 13.7. The second kappa shape index (κ2) is 6.06. The van der Waals surface area contributed by atoms with Gasteiger partial charge in [-0.2, -0.15) is 11.8 Å². The zero-order chi connectivity index (χ0) is 13.8. The molecule has 1 aromatic rings. The van der Waals surface area contributed by atoms with Crippen molar-refractivity contribution in [3.05, 3.63) is 29.6 Å². The smallest absolute Gasteiger partial charge is 0.335 e. The highest BCUT2D eigenvalue weighted by atomic mass is 32.2. The summed E-state index contributed by atoms with van der Waals surface area (Å²) in [7, 11) is 0. The molecule has 1 amide bonds. The molecule has 0 unspecified atom stereocenters. The Morgan fingerprint density at radius 2 is 2.00 bits per heavy atom. The van der Waals surface area contributed by atoms with Crippen LogP contribution in [0.2, 0.25) is 0 Å². The molecule has 1 heterocycles. The molecular weight excluding hydrogens is 269 g/mol. The van der Waals surface area contributed by atoms with Gasteiger partial charge in [0.25, 0.3) is 0 Å². The Balaban J connectivity index is 2.06. The normalized spacial score (nSPS) is 16.1. The lowest BCUT2D eigenvalue weighted by atomic mass is 10.0. The summed E-state index contributed by atoms with van der Waals surface area (Å²) in [5.74, 6) is -0.307. The van der Waals surface area contributed by atoms with E-state index in [9.17, 15) is 14.0 Å². The number of carboxylic acids is 1. The van der Waals surface area contributed by atoms with Gasteiger partial charge < -0.3 is 10.4 Å². The van der Waals surface area contributed by atoms with Crippen molar-refractivity contribution < 1.29 is 19.1 Å². The number of halogens is 1. The standard InChI is InChI=1S/C13H14FNO3S/c14-10-7-9(13(17)18)1-2-11(10)15-12(16)8-3-5-19-6-4-8/h1-2,7-8H,3-6H2,(H,15,16)(H,17,18). The monoisotopic (exact) mass is 283 g/mol. The molecular formula is C13H14FNO3S. The predicted octanol–water partition coefficient (Wildman–Crippen LogP) is 2.61. The first-order valence-corrected chi connectivity index (χ1v) is 7.15. The number of carbonyl (C=O) groups is 2. The van der Waals surface area contributed by atoms with Gasteiger partial charge in [-0.1, -0.05) is 0 Å². The van der Waals surface area contributed by atoms with Gasteiger partial charge >= 0.3 is 5.97 Å². The van der Waals surface area contributed by atoms with Crippen LogP contribution in [0.1, 0.15) is 23.2 Å². The van der Waals surface area contributed by atoms with Crippen LogP contribution in [0.3, 0.4) is 0 Å². The van der Waals surface area contributed by atoms with Crippen molar-refractivity contribution in [2.45, 2.75) is 12.8 Å². The zero-order valence-electron chi connectivity index (χ0n) is 10.2. The average Bonchev–Trinajstić information content (AvgIpc) is 2.41. The molecule has 0 saturated carbocycles. The fraction of sp³-hybridized carbons (Fsp3) is 0.385.